The quantitative estimate of drug-likeness (QED) is 0.772. The monoisotopic (exact) mass is 279 g/mol. The van der Waals surface area contributed by atoms with Crippen LogP contribution in [0.2, 0.25) is 0 Å². The van der Waals surface area contributed by atoms with Crippen LogP contribution < -0.4 is 5.59 Å². The van der Waals surface area contributed by atoms with Gasteiger partial charge in [0.1, 0.15) is 11.4 Å². The number of hydrogen-bond acceptors (Lipinski definition) is 4. The smallest absolute Gasteiger partial charge is 0.398 e. The molecule has 0 spiro atoms. The van der Waals surface area contributed by atoms with E-state index in [-0.39, 0.29) is 17.3 Å². The summed E-state index contributed by atoms with van der Waals surface area (Å²) in [6.45, 7) is 8.87. The van der Waals surface area contributed by atoms with Crippen molar-refractivity contribution in [2.45, 2.75) is 44.8 Å². The van der Waals surface area contributed by atoms with Gasteiger partial charge in [0.2, 0.25) is 0 Å². The van der Waals surface area contributed by atoms with Gasteiger partial charge in [-0.05, 0) is 39.3 Å². The average Bonchev–Trinajstić information content (AvgIpc) is 2.48. The molecule has 0 saturated carbocycles. The van der Waals surface area contributed by atoms with Crippen molar-refractivity contribution in [2.24, 2.45) is 0 Å². The Morgan fingerprint density at radius 2 is 1.80 bits per heavy atom. The molecule has 0 amide bonds. The predicted octanol–water partition coefficient (Wildman–Crippen LogP) is 1.63. The zero-order valence-electron chi connectivity index (χ0n) is 12.3. The summed E-state index contributed by atoms with van der Waals surface area (Å²) in [5, 5.41) is 0. The van der Waals surface area contributed by atoms with Gasteiger partial charge in [-0.25, -0.2) is 4.39 Å². The molecule has 0 bridgehead atoms. The van der Waals surface area contributed by atoms with E-state index in [1.54, 1.807) is 12.3 Å². The van der Waals surface area contributed by atoms with Crippen molar-refractivity contribution in [1.29, 1.82) is 0 Å². The molecule has 3 rings (SSSR count). The topological polar surface area (TPSA) is 40.6 Å². The van der Waals surface area contributed by atoms with Gasteiger partial charge in [0.25, 0.3) is 0 Å². The fraction of sp³-hybridized carbons (Fsp3) is 0.643. The van der Waals surface area contributed by atoms with Crippen LogP contribution in [-0.4, -0.2) is 36.5 Å². The molecule has 2 aliphatic rings. The normalized spacial score (nSPS) is 24.8. The summed E-state index contributed by atoms with van der Waals surface area (Å²) in [5.41, 5.74) is -0.132. The molecule has 2 fully saturated rings. The first-order valence-electron chi connectivity index (χ1n) is 6.89. The number of rotatable bonds is 2. The van der Waals surface area contributed by atoms with Crippen LogP contribution in [0.4, 0.5) is 4.39 Å². The minimum Gasteiger partial charge on any atom is -0.398 e. The van der Waals surface area contributed by atoms with E-state index in [9.17, 15) is 4.39 Å². The maximum Gasteiger partial charge on any atom is 0.517 e. The van der Waals surface area contributed by atoms with Gasteiger partial charge in [0.15, 0.2) is 0 Å². The van der Waals surface area contributed by atoms with Crippen molar-refractivity contribution in [3.8, 4) is 0 Å². The second-order valence-electron chi connectivity index (χ2n) is 6.42. The lowest BCUT2D eigenvalue weighted by Crippen LogP contribution is -2.41. The van der Waals surface area contributed by atoms with Crippen LogP contribution in [0.5, 0.6) is 0 Å². The lowest BCUT2D eigenvalue weighted by molar-refractivity contribution is 0.00578. The predicted molar refractivity (Wildman–Crippen MR) is 73.5 cm³/mol. The van der Waals surface area contributed by atoms with Gasteiger partial charge < -0.3 is 14.0 Å². The fourth-order valence-corrected chi connectivity index (χ4v) is 2.33. The third-order valence-electron chi connectivity index (χ3n) is 4.50. The van der Waals surface area contributed by atoms with E-state index in [0.717, 1.165) is 0 Å². The van der Waals surface area contributed by atoms with E-state index in [0.29, 0.717) is 18.8 Å². The lowest BCUT2D eigenvalue weighted by atomic mass is 9.81. The van der Waals surface area contributed by atoms with Crippen LogP contribution in [0.25, 0.3) is 0 Å². The minimum absolute atomic E-state index is 0.110. The number of hydrogen-bond donors (Lipinski definition) is 0. The third kappa shape index (κ3) is 2.06. The second kappa shape index (κ2) is 4.51. The molecule has 1 aromatic heterocycles. The Hall–Kier alpha value is -0.975. The lowest BCUT2D eigenvalue weighted by Gasteiger charge is -2.32. The summed E-state index contributed by atoms with van der Waals surface area (Å²) in [4.78, 5) is 4.13. The van der Waals surface area contributed by atoms with Crippen LogP contribution in [0.15, 0.2) is 12.3 Å². The minimum atomic E-state index is -0.763. The van der Waals surface area contributed by atoms with Gasteiger partial charge in [0.05, 0.1) is 24.4 Å². The molecule has 0 N–H and O–H groups in total. The van der Waals surface area contributed by atoms with Crippen LogP contribution in [0.3, 0.4) is 0 Å². The maximum atomic E-state index is 14.6. The Morgan fingerprint density at radius 1 is 1.20 bits per heavy atom. The third-order valence-corrected chi connectivity index (χ3v) is 4.50. The Bertz CT molecular complexity index is 515. The molecular weight excluding hydrogens is 260 g/mol. The Balaban J connectivity index is 1.92. The van der Waals surface area contributed by atoms with Gasteiger partial charge in [-0.3, -0.25) is 4.98 Å². The number of halogens is 1. The number of aromatic nitrogens is 1. The average molecular weight is 279 g/mol. The summed E-state index contributed by atoms with van der Waals surface area (Å²) >= 11 is 0. The van der Waals surface area contributed by atoms with Crippen LogP contribution in [-0.2, 0) is 14.0 Å². The van der Waals surface area contributed by atoms with Crippen molar-refractivity contribution < 1.29 is 18.4 Å². The van der Waals surface area contributed by atoms with Gasteiger partial charge in [-0.15, -0.1) is 0 Å². The van der Waals surface area contributed by atoms with Crippen molar-refractivity contribution >= 4 is 12.7 Å². The highest BCUT2D eigenvalue weighted by Gasteiger charge is 2.53. The van der Waals surface area contributed by atoms with Gasteiger partial charge in [-0.1, -0.05) is 0 Å². The molecular formula is C14H19BFNO3. The highest BCUT2D eigenvalue weighted by atomic mass is 19.1. The first kappa shape index (κ1) is 14.0. The first-order valence-corrected chi connectivity index (χ1v) is 6.89. The first-order chi connectivity index (χ1) is 9.32. The Kier molecular flexibility index (Phi) is 3.16. The molecule has 0 unspecified atom stereocenters. The van der Waals surface area contributed by atoms with E-state index in [1.807, 2.05) is 27.7 Å². The highest BCUT2D eigenvalue weighted by Crippen LogP contribution is 2.36. The Labute approximate surface area is 118 Å². The second-order valence-corrected chi connectivity index (χ2v) is 6.42. The van der Waals surface area contributed by atoms with Crippen molar-refractivity contribution in [1.82, 2.24) is 4.98 Å². The van der Waals surface area contributed by atoms with Crippen molar-refractivity contribution in [3.63, 3.8) is 0 Å². The number of nitrogens with zero attached hydrogens (tertiary/aromatic N) is 1. The SMILES string of the molecule is CC1(C)OB(c2nccc(C3COC3)c2F)OC1(C)C. The molecule has 0 aliphatic carbocycles. The van der Waals surface area contributed by atoms with E-state index in [4.69, 9.17) is 14.0 Å². The molecule has 20 heavy (non-hydrogen) atoms. The maximum absolute atomic E-state index is 14.6. The van der Waals surface area contributed by atoms with E-state index >= 15 is 0 Å². The standard InChI is InChI=1S/C14H19BFNO3/c1-13(2)14(3,4)20-15(19-13)12-11(16)10(5-6-17-12)9-7-18-8-9/h5-6,9H,7-8H2,1-4H3. The van der Waals surface area contributed by atoms with E-state index in [1.165, 1.54) is 0 Å². The molecule has 108 valence electrons. The molecule has 2 aliphatic heterocycles. The van der Waals surface area contributed by atoms with E-state index in [2.05, 4.69) is 4.98 Å². The molecule has 2 saturated heterocycles. The summed E-state index contributed by atoms with van der Waals surface area (Å²) in [6.07, 6.45) is 1.61. The molecule has 4 nitrogen and oxygen atoms in total. The van der Waals surface area contributed by atoms with Gasteiger partial charge >= 0.3 is 7.12 Å². The van der Waals surface area contributed by atoms with Crippen LogP contribution >= 0.6 is 0 Å². The zero-order chi connectivity index (χ0) is 14.5. The molecule has 6 heteroatoms. The summed E-state index contributed by atoms with van der Waals surface area (Å²) in [6, 6.07) is 1.71. The summed E-state index contributed by atoms with van der Waals surface area (Å²) in [5.74, 6) is -0.224. The fourth-order valence-electron chi connectivity index (χ4n) is 2.33. The molecule has 1 aromatic rings. The number of pyridine rings is 1. The molecule has 3 heterocycles. The largest absolute Gasteiger partial charge is 0.517 e. The molecule has 0 radical (unpaired) electrons. The number of ether oxygens (including phenoxy) is 1. The highest BCUT2D eigenvalue weighted by molar-refractivity contribution is 6.61. The van der Waals surface area contributed by atoms with Gasteiger partial charge in [0, 0.05) is 12.1 Å². The molecule has 0 aromatic carbocycles. The summed E-state index contributed by atoms with van der Waals surface area (Å²) < 4.78 is 31.5. The zero-order valence-corrected chi connectivity index (χ0v) is 12.3. The van der Waals surface area contributed by atoms with E-state index < -0.39 is 18.3 Å². The molecule has 0 atom stereocenters. The summed E-state index contributed by atoms with van der Waals surface area (Å²) in [7, 11) is -0.763. The Morgan fingerprint density at radius 3 is 2.30 bits per heavy atom. The van der Waals surface area contributed by atoms with Crippen molar-refractivity contribution in [3.05, 3.63) is 23.6 Å². The van der Waals surface area contributed by atoms with Crippen LogP contribution in [0.1, 0.15) is 39.2 Å². The van der Waals surface area contributed by atoms with Crippen LogP contribution in [0, 0.1) is 5.82 Å². The van der Waals surface area contributed by atoms with Gasteiger partial charge in [-0.2, -0.15) is 0 Å². The van der Waals surface area contributed by atoms with Crippen molar-refractivity contribution in [2.75, 3.05) is 13.2 Å².